The molecular weight excluding hydrogens is 180 g/mol. The predicted octanol–water partition coefficient (Wildman–Crippen LogP) is -1.17. The number of rotatable bonds is 3. The summed E-state index contributed by atoms with van der Waals surface area (Å²) in [5, 5.41) is 27.3. The first-order valence-corrected chi connectivity index (χ1v) is 4.87. The number of thioether (sulfide) groups is 1. The highest BCUT2D eigenvalue weighted by Crippen LogP contribution is 2.30. The predicted molar refractivity (Wildman–Crippen MR) is 46.1 cm³/mol. The van der Waals surface area contributed by atoms with Gasteiger partial charge in [0.1, 0.15) is 0 Å². The SMILES string of the molecule is CO[C@H](CO)[C@H]1SC[C@@H](O)[C@H]1O. The van der Waals surface area contributed by atoms with Crippen molar-refractivity contribution in [1.29, 1.82) is 0 Å². The zero-order valence-corrected chi connectivity index (χ0v) is 7.70. The van der Waals surface area contributed by atoms with Crippen LogP contribution in [0.1, 0.15) is 0 Å². The zero-order valence-electron chi connectivity index (χ0n) is 6.88. The molecule has 4 nitrogen and oxygen atoms in total. The van der Waals surface area contributed by atoms with Crippen molar-refractivity contribution in [2.24, 2.45) is 0 Å². The fourth-order valence-corrected chi connectivity index (χ4v) is 2.67. The van der Waals surface area contributed by atoms with E-state index >= 15 is 0 Å². The van der Waals surface area contributed by atoms with Crippen LogP contribution in [0.5, 0.6) is 0 Å². The lowest BCUT2D eigenvalue weighted by Crippen LogP contribution is -2.39. The second-order valence-electron chi connectivity index (χ2n) is 2.81. The van der Waals surface area contributed by atoms with E-state index in [0.717, 1.165) is 0 Å². The normalized spacial score (nSPS) is 38.5. The molecule has 1 aliphatic heterocycles. The first-order valence-electron chi connectivity index (χ1n) is 3.82. The van der Waals surface area contributed by atoms with Crippen LogP contribution in [0, 0.1) is 0 Å². The summed E-state index contributed by atoms with van der Waals surface area (Å²) in [5.41, 5.74) is 0. The van der Waals surface area contributed by atoms with Crippen LogP contribution in [0.2, 0.25) is 0 Å². The second-order valence-corrected chi connectivity index (χ2v) is 4.02. The Bertz CT molecular complexity index is 139. The Morgan fingerprint density at radius 1 is 1.58 bits per heavy atom. The van der Waals surface area contributed by atoms with E-state index < -0.39 is 12.2 Å². The molecule has 1 saturated heterocycles. The molecular formula is C7H14O4S. The van der Waals surface area contributed by atoms with E-state index in [2.05, 4.69) is 0 Å². The lowest BCUT2D eigenvalue weighted by Gasteiger charge is -2.22. The van der Waals surface area contributed by atoms with E-state index in [-0.39, 0.29) is 18.0 Å². The van der Waals surface area contributed by atoms with Crippen molar-refractivity contribution < 1.29 is 20.1 Å². The fourth-order valence-electron chi connectivity index (χ4n) is 1.27. The first kappa shape index (κ1) is 10.3. The first-order chi connectivity index (χ1) is 5.70. The summed E-state index contributed by atoms with van der Waals surface area (Å²) in [6, 6.07) is 0. The molecule has 1 rings (SSSR count). The summed E-state index contributed by atoms with van der Waals surface area (Å²) in [6.07, 6.45) is -1.86. The minimum absolute atomic E-state index is 0.127. The lowest BCUT2D eigenvalue weighted by atomic mass is 10.1. The van der Waals surface area contributed by atoms with Gasteiger partial charge in [0.05, 0.1) is 30.2 Å². The molecule has 1 fully saturated rings. The molecule has 1 heterocycles. The van der Waals surface area contributed by atoms with Gasteiger partial charge in [-0.05, 0) is 0 Å². The Labute approximate surface area is 75.5 Å². The molecule has 0 bridgehead atoms. The average molecular weight is 194 g/mol. The largest absolute Gasteiger partial charge is 0.394 e. The molecule has 3 N–H and O–H groups in total. The molecule has 0 aromatic carbocycles. The smallest absolute Gasteiger partial charge is 0.0951 e. The Kier molecular flexibility index (Phi) is 3.79. The minimum Gasteiger partial charge on any atom is -0.394 e. The van der Waals surface area contributed by atoms with Crippen molar-refractivity contribution in [2.45, 2.75) is 23.6 Å². The molecule has 0 saturated carbocycles. The van der Waals surface area contributed by atoms with E-state index in [1.54, 1.807) is 0 Å². The van der Waals surface area contributed by atoms with Gasteiger partial charge in [0.15, 0.2) is 0 Å². The second kappa shape index (κ2) is 4.43. The molecule has 0 spiro atoms. The third kappa shape index (κ3) is 1.92. The maximum absolute atomic E-state index is 9.43. The van der Waals surface area contributed by atoms with Crippen LogP contribution in [0.15, 0.2) is 0 Å². The van der Waals surface area contributed by atoms with Crippen molar-refractivity contribution >= 4 is 11.8 Å². The number of methoxy groups -OCH3 is 1. The van der Waals surface area contributed by atoms with Crippen LogP contribution in [-0.4, -0.2) is 58.4 Å². The maximum atomic E-state index is 9.43. The lowest BCUT2D eigenvalue weighted by molar-refractivity contribution is -0.0155. The molecule has 0 radical (unpaired) electrons. The van der Waals surface area contributed by atoms with Crippen LogP contribution in [0.4, 0.5) is 0 Å². The molecule has 1 aliphatic rings. The van der Waals surface area contributed by atoms with Gasteiger partial charge in [-0.25, -0.2) is 0 Å². The quantitative estimate of drug-likeness (QED) is 0.528. The number of hydrogen-bond donors (Lipinski definition) is 3. The van der Waals surface area contributed by atoms with Gasteiger partial charge in [0, 0.05) is 12.9 Å². The van der Waals surface area contributed by atoms with Crippen molar-refractivity contribution in [2.75, 3.05) is 19.5 Å². The maximum Gasteiger partial charge on any atom is 0.0951 e. The van der Waals surface area contributed by atoms with Gasteiger partial charge in [-0.15, -0.1) is 0 Å². The molecule has 0 amide bonds. The highest BCUT2D eigenvalue weighted by Gasteiger charge is 2.39. The van der Waals surface area contributed by atoms with Gasteiger partial charge in [-0.1, -0.05) is 0 Å². The molecule has 0 unspecified atom stereocenters. The van der Waals surface area contributed by atoms with Crippen molar-refractivity contribution in [3.05, 3.63) is 0 Å². The highest BCUT2D eigenvalue weighted by atomic mass is 32.2. The van der Waals surface area contributed by atoms with Crippen LogP contribution < -0.4 is 0 Å². The summed E-state index contributed by atoms with van der Waals surface area (Å²) in [4.78, 5) is 0. The van der Waals surface area contributed by atoms with Gasteiger partial charge >= 0.3 is 0 Å². The number of aliphatic hydroxyl groups is 3. The van der Waals surface area contributed by atoms with Crippen molar-refractivity contribution in [3.63, 3.8) is 0 Å². The van der Waals surface area contributed by atoms with Gasteiger partial charge in [0.25, 0.3) is 0 Å². The fraction of sp³-hybridized carbons (Fsp3) is 1.00. The molecule has 0 aromatic rings. The van der Waals surface area contributed by atoms with Crippen molar-refractivity contribution in [1.82, 2.24) is 0 Å². The summed E-state index contributed by atoms with van der Waals surface area (Å²) in [7, 11) is 1.48. The van der Waals surface area contributed by atoms with Crippen molar-refractivity contribution in [3.8, 4) is 0 Å². The van der Waals surface area contributed by atoms with E-state index in [9.17, 15) is 10.2 Å². The Balaban J connectivity index is 2.51. The standard InChI is InChI=1S/C7H14O4S/c1-11-5(2-8)7-6(10)4(9)3-12-7/h4-10H,2-3H2,1H3/t4-,5-,6-,7-/m1/s1. The van der Waals surface area contributed by atoms with Crippen LogP contribution in [-0.2, 0) is 4.74 Å². The van der Waals surface area contributed by atoms with E-state index in [0.29, 0.717) is 5.75 Å². The molecule has 5 heteroatoms. The number of aliphatic hydroxyl groups excluding tert-OH is 3. The summed E-state index contributed by atoms with van der Waals surface area (Å²) < 4.78 is 4.96. The van der Waals surface area contributed by atoms with Gasteiger partial charge in [0.2, 0.25) is 0 Å². The average Bonchev–Trinajstić information content (AvgIpc) is 2.38. The third-order valence-corrected chi connectivity index (χ3v) is 3.54. The van der Waals surface area contributed by atoms with Gasteiger partial charge in [-0.2, -0.15) is 11.8 Å². The molecule has 0 aliphatic carbocycles. The van der Waals surface area contributed by atoms with Crippen LogP contribution in [0.25, 0.3) is 0 Å². The Morgan fingerprint density at radius 3 is 2.58 bits per heavy atom. The van der Waals surface area contributed by atoms with E-state index in [4.69, 9.17) is 9.84 Å². The minimum atomic E-state index is -0.785. The summed E-state index contributed by atoms with van der Waals surface area (Å²) in [5.74, 6) is 0.506. The molecule has 0 aromatic heterocycles. The number of hydrogen-bond acceptors (Lipinski definition) is 5. The van der Waals surface area contributed by atoms with E-state index in [1.165, 1.54) is 18.9 Å². The summed E-state index contributed by atoms with van der Waals surface area (Å²) in [6.45, 7) is -0.127. The molecule has 12 heavy (non-hydrogen) atoms. The monoisotopic (exact) mass is 194 g/mol. The molecule has 4 atom stereocenters. The number of ether oxygens (including phenoxy) is 1. The topological polar surface area (TPSA) is 69.9 Å². The van der Waals surface area contributed by atoms with Gasteiger partial charge in [-0.3, -0.25) is 0 Å². The third-order valence-electron chi connectivity index (χ3n) is 2.04. The van der Waals surface area contributed by atoms with Crippen LogP contribution >= 0.6 is 11.8 Å². The van der Waals surface area contributed by atoms with Crippen LogP contribution in [0.3, 0.4) is 0 Å². The Morgan fingerprint density at radius 2 is 2.25 bits per heavy atom. The molecule has 72 valence electrons. The van der Waals surface area contributed by atoms with Gasteiger partial charge < -0.3 is 20.1 Å². The highest BCUT2D eigenvalue weighted by molar-refractivity contribution is 8.00. The Hall–Kier alpha value is 0.190. The zero-order chi connectivity index (χ0) is 9.14. The van der Waals surface area contributed by atoms with E-state index in [1.807, 2.05) is 0 Å². The summed E-state index contributed by atoms with van der Waals surface area (Å²) >= 11 is 1.43.